The van der Waals surface area contributed by atoms with Crippen LogP contribution >= 0.6 is 10.7 Å². The number of rotatable bonds is 7. The molecule has 2 aromatic carbocycles. The average Bonchev–Trinajstić information content (AvgIpc) is 2.60. The maximum Gasteiger partial charge on any atom is 0.232 e. The molecule has 0 amide bonds. The first kappa shape index (κ1) is 22.2. The Morgan fingerprint density at radius 1 is 0.769 bits per heavy atom. The van der Waals surface area contributed by atoms with Crippen LogP contribution in [0.1, 0.15) is 11.1 Å². The fourth-order valence-corrected chi connectivity index (χ4v) is 3.57. The number of nitriles is 1. The zero-order chi connectivity index (χ0) is 19.5. The molecule has 2 aromatic rings. The molecule has 0 radical (unpaired) electrons. The van der Waals surface area contributed by atoms with Gasteiger partial charge in [-0.15, -0.1) is 0 Å². The first-order valence-electron chi connectivity index (χ1n) is 7.79. The second kappa shape index (κ2) is 11.0. The lowest BCUT2D eigenvalue weighted by Gasteiger charge is -1.99. The molecule has 0 N–H and O–H groups in total. The van der Waals surface area contributed by atoms with Gasteiger partial charge in [-0.1, -0.05) is 60.7 Å². The van der Waals surface area contributed by atoms with Crippen LogP contribution in [0.25, 0.3) is 0 Å². The predicted octanol–water partition coefficient (Wildman–Crippen LogP) is 2.97. The van der Waals surface area contributed by atoms with Gasteiger partial charge in [0.1, 0.15) is 5.75 Å². The molecule has 0 atom stereocenters. The Bertz CT molecular complexity index is 907. The Hall–Kier alpha value is -1.88. The van der Waals surface area contributed by atoms with E-state index in [2.05, 4.69) is 0 Å². The van der Waals surface area contributed by atoms with E-state index in [0.29, 0.717) is 12.8 Å². The molecule has 0 aromatic heterocycles. The minimum Gasteiger partial charge on any atom is -0.228 e. The average molecular weight is 414 g/mol. The molecule has 0 aliphatic rings. The Morgan fingerprint density at radius 2 is 1.19 bits per heavy atom. The van der Waals surface area contributed by atoms with Crippen molar-refractivity contribution in [1.82, 2.24) is 0 Å². The summed E-state index contributed by atoms with van der Waals surface area (Å²) in [5, 5.41) is 8.27. The van der Waals surface area contributed by atoms with Crippen molar-refractivity contribution in [1.29, 1.82) is 5.26 Å². The molecule has 0 aliphatic carbocycles. The van der Waals surface area contributed by atoms with Crippen LogP contribution in [0.15, 0.2) is 60.7 Å². The summed E-state index contributed by atoms with van der Waals surface area (Å²) in [4.78, 5) is 0. The van der Waals surface area contributed by atoms with Gasteiger partial charge in [-0.25, -0.2) is 16.8 Å². The van der Waals surface area contributed by atoms with Crippen molar-refractivity contribution in [3.63, 3.8) is 0 Å². The van der Waals surface area contributed by atoms with E-state index >= 15 is 0 Å². The maximum atomic E-state index is 11.2. The van der Waals surface area contributed by atoms with Crippen LogP contribution in [0.5, 0.6) is 0 Å². The minimum atomic E-state index is -3.35. The molecular weight excluding hydrogens is 394 g/mol. The van der Waals surface area contributed by atoms with Gasteiger partial charge in [0, 0.05) is 10.7 Å². The zero-order valence-corrected chi connectivity index (χ0v) is 16.5. The SMILES string of the molecule is N#CCS(=O)(=O)CCc1ccccc1.O=S(=O)(Cl)CCc1ccccc1. The number of hydrogen-bond donors (Lipinski definition) is 0. The predicted molar refractivity (Wildman–Crippen MR) is 104 cm³/mol. The number of nitrogens with zero attached hydrogens (tertiary/aromatic N) is 1. The smallest absolute Gasteiger partial charge is 0.228 e. The summed E-state index contributed by atoms with van der Waals surface area (Å²) in [6, 6.07) is 20.4. The highest BCUT2D eigenvalue weighted by Gasteiger charge is 2.09. The topological polar surface area (TPSA) is 92.1 Å². The lowest BCUT2D eigenvalue weighted by Crippen LogP contribution is -2.11. The first-order valence-corrected chi connectivity index (χ1v) is 12.1. The highest BCUT2D eigenvalue weighted by molar-refractivity contribution is 8.13. The van der Waals surface area contributed by atoms with Crippen LogP contribution in [0.2, 0.25) is 0 Å². The molecule has 0 spiro atoms. The minimum absolute atomic E-state index is 0.00142. The van der Waals surface area contributed by atoms with E-state index in [4.69, 9.17) is 15.9 Å². The third-order valence-corrected chi connectivity index (χ3v) is 5.86. The summed E-state index contributed by atoms with van der Waals surface area (Å²) in [5.74, 6) is -0.344. The van der Waals surface area contributed by atoms with Crippen LogP contribution in [0.4, 0.5) is 0 Å². The van der Waals surface area contributed by atoms with Gasteiger partial charge in [-0.2, -0.15) is 5.26 Å². The molecular formula is C18H20ClNO4S2. The van der Waals surface area contributed by atoms with Crippen LogP contribution < -0.4 is 0 Å². The first-order chi connectivity index (χ1) is 12.2. The normalized spacial score (nSPS) is 11.1. The van der Waals surface area contributed by atoms with Gasteiger partial charge in [0.15, 0.2) is 9.84 Å². The van der Waals surface area contributed by atoms with Crippen LogP contribution in [-0.4, -0.2) is 34.1 Å². The van der Waals surface area contributed by atoms with Crippen molar-refractivity contribution < 1.29 is 16.8 Å². The summed E-state index contributed by atoms with van der Waals surface area (Å²) >= 11 is 0. The molecule has 8 heteroatoms. The van der Waals surface area contributed by atoms with Crippen molar-refractivity contribution in [2.24, 2.45) is 0 Å². The fraction of sp³-hybridized carbons (Fsp3) is 0.278. The summed E-state index contributed by atoms with van der Waals surface area (Å²) < 4.78 is 43.5. The van der Waals surface area contributed by atoms with E-state index in [1.54, 1.807) is 6.07 Å². The molecule has 0 saturated carbocycles. The molecule has 0 heterocycles. The summed E-state index contributed by atoms with van der Waals surface area (Å²) in [6.07, 6.45) is 0.956. The standard InChI is InChI=1S/C10H11NO2S.C8H9ClO2S/c11-7-9-14(12,13)8-6-10-4-2-1-3-5-10;9-12(10,11)7-6-8-4-2-1-3-5-8/h1-5H,6,8-9H2;1-5H,6-7H2. The molecule has 0 fully saturated rings. The van der Waals surface area contributed by atoms with Crippen molar-refractivity contribution in [2.45, 2.75) is 12.8 Å². The number of aryl methyl sites for hydroxylation is 2. The lowest BCUT2D eigenvalue weighted by atomic mass is 10.2. The highest BCUT2D eigenvalue weighted by atomic mass is 35.7. The van der Waals surface area contributed by atoms with Gasteiger partial charge in [-0.05, 0) is 24.0 Å². The van der Waals surface area contributed by atoms with Gasteiger partial charge in [-0.3, -0.25) is 0 Å². The fourth-order valence-electron chi connectivity index (χ4n) is 1.97. The number of benzene rings is 2. The summed E-state index contributed by atoms with van der Waals surface area (Å²) in [6.45, 7) is 0. The number of halogens is 1. The maximum absolute atomic E-state index is 11.2. The van der Waals surface area contributed by atoms with Crippen molar-refractivity contribution in [3.8, 4) is 6.07 Å². The van der Waals surface area contributed by atoms with Crippen molar-refractivity contribution in [2.75, 3.05) is 17.3 Å². The van der Waals surface area contributed by atoms with Gasteiger partial charge in [0.25, 0.3) is 0 Å². The van der Waals surface area contributed by atoms with Crippen molar-refractivity contribution in [3.05, 3.63) is 71.8 Å². The Balaban J connectivity index is 0.000000263. The highest BCUT2D eigenvalue weighted by Crippen LogP contribution is 2.04. The van der Waals surface area contributed by atoms with Crippen LogP contribution in [-0.2, 0) is 31.7 Å². The van der Waals surface area contributed by atoms with E-state index in [1.807, 2.05) is 60.7 Å². The second-order valence-corrected chi connectivity index (χ2v) is 10.5. The van der Waals surface area contributed by atoms with Crippen LogP contribution in [0, 0.1) is 11.3 Å². The zero-order valence-electron chi connectivity index (χ0n) is 14.1. The molecule has 0 aliphatic heterocycles. The summed E-state index contributed by atoms with van der Waals surface area (Å²) in [5.41, 5.74) is 1.97. The molecule has 0 saturated heterocycles. The summed E-state index contributed by atoms with van der Waals surface area (Å²) in [7, 11) is -1.49. The Kier molecular flexibility index (Phi) is 9.35. The Labute approximate surface area is 159 Å². The molecule has 2 rings (SSSR count). The number of sulfone groups is 1. The van der Waals surface area contributed by atoms with Gasteiger partial charge in [0.05, 0.1) is 17.6 Å². The monoisotopic (exact) mass is 413 g/mol. The van der Waals surface area contributed by atoms with Gasteiger partial charge in [0.2, 0.25) is 9.05 Å². The quantitative estimate of drug-likeness (QED) is 0.650. The second-order valence-electron chi connectivity index (χ2n) is 5.46. The third-order valence-electron chi connectivity index (χ3n) is 3.31. The Morgan fingerprint density at radius 3 is 1.58 bits per heavy atom. The van der Waals surface area contributed by atoms with Crippen molar-refractivity contribution >= 4 is 29.6 Å². The van der Waals surface area contributed by atoms with E-state index in [-0.39, 0.29) is 17.3 Å². The number of hydrogen-bond acceptors (Lipinski definition) is 5. The van der Waals surface area contributed by atoms with Crippen LogP contribution in [0.3, 0.4) is 0 Å². The van der Waals surface area contributed by atoms with E-state index in [9.17, 15) is 16.8 Å². The van der Waals surface area contributed by atoms with Gasteiger partial charge >= 0.3 is 0 Å². The molecule has 140 valence electrons. The van der Waals surface area contributed by atoms with Gasteiger partial charge < -0.3 is 0 Å². The molecule has 5 nitrogen and oxygen atoms in total. The van der Waals surface area contributed by atoms with E-state index in [1.165, 1.54) is 0 Å². The largest absolute Gasteiger partial charge is 0.232 e. The molecule has 0 unspecified atom stereocenters. The van der Waals surface area contributed by atoms with E-state index in [0.717, 1.165) is 11.1 Å². The lowest BCUT2D eigenvalue weighted by molar-refractivity contribution is 0.598. The molecule has 26 heavy (non-hydrogen) atoms. The third kappa shape index (κ3) is 10.9. The molecule has 0 bridgehead atoms. The van der Waals surface area contributed by atoms with E-state index < -0.39 is 18.9 Å².